The van der Waals surface area contributed by atoms with E-state index in [1.807, 2.05) is 6.92 Å². The molecular formula is C12H23NO3S. The van der Waals surface area contributed by atoms with Crippen LogP contribution in [0, 0.1) is 5.92 Å². The van der Waals surface area contributed by atoms with Crippen molar-refractivity contribution in [1.82, 2.24) is 5.32 Å². The van der Waals surface area contributed by atoms with E-state index in [0.29, 0.717) is 18.1 Å². The first kappa shape index (κ1) is 16.3. The standard InChI is InChI=1S/C12H23NO3S/c1-9(2)6-7-17-8-11(14)13-10(3)4-5-12(15)16/h9-10H,4-8H2,1-3H3,(H,13,14)(H,15,16). The first-order chi connectivity index (χ1) is 7.91. The van der Waals surface area contributed by atoms with Gasteiger partial charge in [0.15, 0.2) is 0 Å². The normalized spacial score (nSPS) is 12.5. The number of hydrogen-bond acceptors (Lipinski definition) is 3. The van der Waals surface area contributed by atoms with Crippen LogP contribution < -0.4 is 5.32 Å². The van der Waals surface area contributed by atoms with E-state index in [1.54, 1.807) is 11.8 Å². The highest BCUT2D eigenvalue weighted by Gasteiger charge is 2.09. The van der Waals surface area contributed by atoms with E-state index in [2.05, 4.69) is 19.2 Å². The molecule has 0 aromatic carbocycles. The van der Waals surface area contributed by atoms with Gasteiger partial charge in [-0.15, -0.1) is 0 Å². The van der Waals surface area contributed by atoms with Gasteiger partial charge in [0.2, 0.25) is 5.91 Å². The maximum atomic E-state index is 11.5. The maximum absolute atomic E-state index is 11.5. The molecule has 0 aliphatic heterocycles. The van der Waals surface area contributed by atoms with Crippen LogP contribution in [0.3, 0.4) is 0 Å². The summed E-state index contributed by atoms with van der Waals surface area (Å²) in [5.74, 6) is 1.30. The second kappa shape index (κ2) is 9.33. The Hall–Kier alpha value is -0.710. The predicted octanol–water partition coefficient (Wildman–Crippen LogP) is 2.14. The Morgan fingerprint density at radius 3 is 2.41 bits per heavy atom. The van der Waals surface area contributed by atoms with Gasteiger partial charge < -0.3 is 10.4 Å². The molecule has 0 aromatic heterocycles. The van der Waals surface area contributed by atoms with Gasteiger partial charge in [-0.3, -0.25) is 9.59 Å². The van der Waals surface area contributed by atoms with Crippen molar-refractivity contribution in [2.45, 2.75) is 46.1 Å². The molecule has 0 rings (SSSR count). The number of aliphatic carboxylic acids is 1. The molecule has 0 saturated carbocycles. The zero-order valence-electron chi connectivity index (χ0n) is 10.9. The van der Waals surface area contributed by atoms with E-state index in [-0.39, 0.29) is 18.4 Å². The number of amides is 1. The monoisotopic (exact) mass is 261 g/mol. The summed E-state index contributed by atoms with van der Waals surface area (Å²) < 4.78 is 0. The van der Waals surface area contributed by atoms with Gasteiger partial charge in [-0.1, -0.05) is 13.8 Å². The van der Waals surface area contributed by atoms with Crippen molar-refractivity contribution in [3.8, 4) is 0 Å². The first-order valence-corrected chi connectivity index (χ1v) is 7.16. The van der Waals surface area contributed by atoms with Gasteiger partial charge in [-0.2, -0.15) is 11.8 Å². The van der Waals surface area contributed by atoms with Gasteiger partial charge >= 0.3 is 5.97 Å². The predicted molar refractivity (Wildman–Crippen MR) is 71.3 cm³/mol. The van der Waals surface area contributed by atoms with Crippen molar-refractivity contribution in [2.24, 2.45) is 5.92 Å². The lowest BCUT2D eigenvalue weighted by Crippen LogP contribution is -2.34. The molecule has 100 valence electrons. The summed E-state index contributed by atoms with van der Waals surface area (Å²) in [5, 5.41) is 11.3. The van der Waals surface area contributed by atoms with Crippen molar-refractivity contribution in [3.63, 3.8) is 0 Å². The van der Waals surface area contributed by atoms with Gasteiger partial charge in [0.1, 0.15) is 0 Å². The minimum atomic E-state index is -0.822. The number of hydrogen-bond donors (Lipinski definition) is 2. The molecule has 4 nitrogen and oxygen atoms in total. The van der Waals surface area contributed by atoms with Gasteiger partial charge in [-0.05, 0) is 31.4 Å². The minimum Gasteiger partial charge on any atom is -0.481 e. The van der Waals surface area contributed by atoms with Crippen LogP contribution in [0.1, 0.15) is 40.0 Å². The SMILES string of the molecule is CC(C)CCSCC(=O)NC(C)CCC(=O)O. The third-order valence-corrected chi connectivity index (χ3v) is 3.26. The molecule has 0 fully saturated rings. The summed E-state index contributed by atoms with van der Waals surface area (Å²) in [7, 11) is 0. The number of rotatable bonds is 9. The number of carboxylic acid groups (broad SMARTS) is 1. The van der Waals surface area contributed by atoms with Gasteiger partial charge in [0, 0.05) is 12.5 Å². The third kappa shape index (κ3) is 11.6. The fraction of sp³-hybridized carbons (Fsp3) is 0.833. The van der Waals surface area contributed by atoms with Crippen LogP contribution in [-0.2, 0) is 9.59 Å². The molecule has 5 heteroatoms. The van der Waals surface area contributed by atoms with Crippen LogP contribution >= 0.6 is 11.8 Å². The van der Waals surface area contributed by atoms with Crippen LogP contribution in [0.15, 0.2) is 0 Å². The van der Waals surface area contributed by atoms with E-state index >= 15 is 0 Å². The molecule has 0 aromatic rings. The molecule has 0 radical (unpaired) electrons. The van der Waals surface area contributed by atoms with E-state index < -0.39 is 5.97 Å². The molecule has 0 bridgehead atoms. The first-order valence-electron chi connectivity index (χ1n) is 6.00. The molecule has 0 aliphatic carbocycles. The number of carboxylic acids is 1. The topological polar surface area (TPSA) is 66.4 Å². The van der Waals surface area contributed by atoms with Crippen LogP contribution in [0.4, 0.5) is 0 Å². The zero-order chi connectivity index (χ0) is 13.3. The number of thioether (sulfide) groups is 1. The zero-order valence-corrected chi connectivity index (χ0v) is 11.7. The quantitative estimate of drug-likeness (QED) is 0.624. The molecule has 1 amide bonds. The lowest BCUT2D eigenvalue weighted by Gasteiger charge is -2.12. The van der Waals surface area contributed by atoms with Crippen LogP contribution in [0.2, 0.25) is 0 Å². The average molecular weight is 261 g/mol. The molecule has 1 atom stereocenters. The lowest BCUT2D eigenvalue weighted by molar-refractivity contribution is -0.137. The van der Waals surface area contributed by atoms with Crippen molar-refractivity contribution in [2.75, 3.05) is 11.5 Å². The summed E-state index contributed by atoms with van der Waals surface area (Å²) in [6.07, 6.45) is 1.70. The fourth-order valence-corrected chi connectivity index (χ4v) is 2.26. The van der Waals surface area contributed by atoms with E-state index in [9.17, 15) is 9.59 Å². The van der Waals surface area contributed by atoms with Crippen molar-refractivity contribution in [3.05, 3.63) is 0 Å². The Labute approximate surface area is 108 Å². The van der Waals surface area contributed by atoms with Crippen molar-refractivity contribution in [1.29, 1.82) is 0 Å². The summed E-state index contributed by atoms with van der Waals surface area (Å²) in [6.45, 7) is 6.16. The summed E-state index contributed by atoms with van der Waals surface area (Å²) >= 11 is 1.63. The highest BCUT2D eigenvalue weighted by Crippen LogP contribution is 2.08. The molecule has 0 spiro atoms. The molecular weight excluding hydrogens is 238 g/mol. The number of carbonyl (C=O) groups is 2. The maximum Gasteiger partial charge on any atom is 0.303 e. The highest BCUT2D eigenvalue weighted by molar-refractivity contribution is 7.99. The van der Waals surface area contributed by atoms with Crippen LogP contribution in [0.5, 0.6) is 0 Å². The summed E-state index contributed by atoms with van der Waals surface area (Å²) in [5.41, 5.74) is 0. The van der Waals surface area contributed by atoms with E-state index in [0.717, 1.165) is 12.2 Å². The van der Waals surface area contributed by atoms with Crippen LogP contribution in [-0.4, -0.2) is 34.5 Å². The minimum absolute atomic E-state index is 0.00311. The molecule has 17 heavy (non-hydrogen) atoms. The van der Waals surface area contributed by atoms with Crippen molar-refractivity contribution >= 4 is 23.6 Å². The Morgan fingerprint density at radius 2 is 1.88 bits per heavy atom. The Balaban J connectivity index is 3.53. The largest absolute Gasteiger partial charge is 0.481 e. The molecule has 2 N–H and O–H groups in total. The molecule has 0 aliphatic rings. The smallest absolute Gasteiger partial charge is 0.303 e. The Morgan fingerprint density at radius 1 is 1.24 bits per heavy atom. The number of nitrogens with one attached hydrogen (secondary N) is 1. The Kier molecular flexibility index (Phi) is 8.94. The number of carbonyl (C=O) groups excluding carboxylic acids is 1. The summed E-state index contributed by atoms with van der Waals surface area (Å²) in [6, 6.07) is -0.0655. The van der Waals surface area contributed by atoms with Crippen LogP contribution in [0.25, 0.3) is 0 Å². The fourth-order valence-electron chi connectivity index (χ4n) is 1.21. The summed E-state index contributed by atoms with van der Waals surface area (Å²) in [4.78, 5) is 21.8. The van der Waals surface area contributed by atoms with Gasteiger partial charge in [-0.25, -0.2) is 0 Å². The average Bonchev–Trinajstić information content (AvgIpc) is 2.21. The highest BCUT2D eigenvalue weighted by atomic mass is 32.2. The molecule has 1 unspecified atom stereocenters. The van der Waals surface area contributed by atoms with Crippen molar-refractivity contribution < 1.29 is 14.7 Å². The second-order valence-electron chi connectivity index (χ2n) is 4.64. The molecule has 0 heterocycles. The third-order valence-electron chi connectivity index (χ3n) is 2.27. The van der Waals surface area contributed by atoms with E-state index in [1.165, 1.54) is 0 Å². The second-order valence-corrected chi connectivity index (χ2v) is 5.74. The van der Waals surface area contributed by atoms with Gasteiger partial charge in [0.05, 0.1) is 5.75 Å². The van der Waals surface area contributed by atoms with E-state index in [4.69, 9.17) is 5.11 Å². The lowest BCUT2D eigenvalue weighted by atomic mass is 10.2. The molecule has 0 saturated heterocycles. The Bertz CT molecular complexity index is 244. The van der Waals surface area contributed by atoms with Gasteiger partial charge in [0.25, 0.3) is 0 Å².